The van der Waals surface area contributed by atoms with Gasteiger partial charge in [0.1, 0.15) is 10.7 Å². The van der Waals surface area contributed by atoms with Gasteiger partial charge in [0.05, 0.1) is 11.1 Å². The number of nitrogen functional groups attached to an aromatic ring is 1. The van der Waals surface area contributed by atoms with Gasteiger partial charge < -0.3 is 10.5 Å². The fourth-order valence-corrected chi connectivity index (χ4v) is 3.30. The van der Waals surface area contributed by atoms with E-state index in [1.807, 2.05) is 0 Å². The molecule has 0 aromatic carbocycles. The Balaban J connectivity index is 1.91. The van der Waals surface area contributed by atoms with Gasteiger partial charge in [0.2, 0.25) is 10.0 Å². The Hall–Kier alpha value is -0.890. The number of sulfonamides is 1. The highest BCUT2D eigenvalue weighted by atomic mass is 35.5. The van der Waals surface area contributed by atoms with Crippen LogP contribution in [0.5, 0.6) is 0 Å². The minimum Gasteiger partial charge on any atom is -0.382 e. The molecule has 1 unspecified atom stereocenters. The molecule has 0 spiro atoms. The first-order valence-electron chi connectivity index (χ1n) is 6.51. The van der Waals surface area contributed by atoms with Crippen LogP contribution in [0.25, 0.3) is 0 Å². The van der Waals surface area contributed by atoms with Crippen LogP contribution in [0.15, 0.2) is 17.2 Å². The Bertz CT molecular complexity index is 559. The van der Waals surface area contributed by atoms with Gasteiger partial charge in [-0.15, -0.1) is 0 Å². The zero-order valence-electron chi connectivity index (χ0n) is 11.0. The van der Waals surface area contributed by atoms with Gasteiger partial charge in [-0.3, -0.25) is 0 Å². The molecule has 1 aliphatic heterocycles. The first-order chi connectivity index (χ1) is 9.49. The summed E-state index contributed by atoms with van der Waals surface area (Å²) in [6.45, 7) is 1.09. The molecule has 1 fully saturated rings. The third kappa shape index (κ3) is 4.05. The molecule has 2 rings (SSSR count). The SMILES string of the molecule is Nc1ncc(S(=O)(=O)NCCC2CCCCO2)cc1Cl. The zero-order chi connectivity index (χ0) is 14.6. The molecule has 1 atom stereocenters. The number of hydrogen-bond acceptors (Lipinski definition) is 5. The topological polar surface area (TPSA) is 94.3 Å². The van der Waals surface area contributed by atoms with Crippen LogP contribution in [0.1, 0.15) is 25.7 Å². The molecule has 2 heterocycles. The Morgan fingerprint density at radius 3 is 2.95 bits per heavy atom. The second-order valence-electron chi connectivity index (χ2n) is 4.71. The molecule has 0 amide bonds. The maximum Gasteiger partial charge on any atom is 0.242 e. The zero-order valence-corrected chi connectivity index (χ0v) is 12.6. The number of aromatic nitrogens is 1. The Morgan fingerprint density at radius 1 is 1.50 bits per heavy atom. The van der Waals surface area contributed by atoms with Gasteiger partial charge in [0.25, 0.3) is 0 Å². The lowest BCUT2D eigenvalue weighted by molar-refractivity contribution is 0.0123. The van der Waals surface area contributed by atoms with Crippen molar-refractivity contribution in [1.29, 1.82) is 0 Å². The lowest BCUT2D eigenvalue weighted by Gasteiger charge is -2.22. The molecule has 6 nitrogen and oxygen atoms in total. The number of ether oxygens (including phenoxy) is 1. The van der Waals surface area contributed by atoms with E-state index in [1.54, 1.807) is 0 Å². The molecule has 112 valence electrons. The van der Waals surface area contributed by atoms with Gasteiger partial charge in [-0.2, -0.15) is 0 Å². The van der Waals surface area contributed by atoms with Crippen molar-refractivity contribution in [2.24, 2.45) is 0 Å². The van der Waals surface area contributed by atoms with Crippen molar-refractivity contribution in [3.63, 3.8) is 0 Å². The third-order valence-corrected chi connectivity index (χ3v) is 4.92. The van der Waals surface area contributed by atoms with E-state index in [0.29, 0.717) is 13.0 Å². The molecule has 1 saturated heterocycles. The van der Waals surface area contributed by atoms with Gasteiger partial charge in [0.15, 0.2) is 0 Å². The lowest BCUT2D eigenvalue weighted by Crippen LogP contribution is -2.29. The van der Waals surface area contributed by atoms with E-state index in [2.05, 4.69) is 9.71 Å². The highest BCUT2D eigenvalue weighted by molar-refractivity contribution is 7.89. The van der Waals surface area contributed by atoms with E-state index < -0.39 is 10.0 Å². The van der Waals surface area contributed by atoms with Crippen LogP contribution in [-0.2, 0) is 14.8 Å². The third-order valence-electron chi connectivity index (χ3n) is 3.19. The van der Waals surface area contributed by atoms with Crippen molar-refractivity contribution in [2.45, 2.75) is 36.7 Å². The minimum atomic E-state index is -3.61. The molecule has 1 aromatic rings. The number of rotatable bonds is 5. The van der Waals surface area contributed by atoms with Crippen LogP contribution in [0, 0.1) is 0 Å². The molecule has 3 N–H and O–H groups in total. The monoisotopic (exact) mass is 319 g/mol. The summed E-state index contributed by atoms with van der Waals surface area (Å²) in [4.78, 5) is 3.76. The van der Waals surface area contributed by atoms with E-state index in [-0.39, 0.29) is 21.8 Å². The van der Waals surface area contributed by atoms with Crippen molar-refractivity contribution in [1.82, 2.24) is 9.71 Å². The highest BCUT2D eigenvalue weighted by Crippen LogP contribution is 2.20. The molecule has 8 heteroatoms. The van der Waals surface area contributed by atoms with Crippen molar-refractivity contribution in [3.05, 3.63) is 17.3 Å². The highest BCUT2D eigenvalue weighted by Gasteiger charge is 2.18. The number of halogens is 1. The van der Waals surface area contributed by atoms with E-state index in [1.165, 1.54) is 12.3 Å². The van der Waals surface area contributed by atoms with Crippen LogP contribution in [0.3, 0.4) is 0 Å². The van der Waals surface area contributed by atoms with Crippen LogP contribution in [-0.4, -0.2) is 32.7 Å². The lowest BCUT2D eigenvalue weighted by atomic mass is 10.1. The number of pyridine rings is 1. The molecule has 0 radical (unpaired) electrons. The Morgan fingerprint density at radius 2 is 2.30 bits per heavy atom. The number of anilines is 1. The first-order valence-corrected chi connectivity index (χ1v) is 8.37. The van der Waals surface area contributed by atoms with Crippen molar-refractivity contribution < 1.29 is 13.2 Å². The molecular formula is C12H18ClN3O3S. The van der Waals surface area contributed by atoms with Gasteiger partial charge in [-0.05, 0) is 31.7 Å². The minimum absolute atomic E-state index is 0.0151. The normalized spacial score (nSPS) is 19.9. The van der Waals surface area contributed by atoms with Crippen molar-refractivity contribution >= 4 is 27.4 Å². The maximum absolute atomic E-state index is 12.0. The van der Waals surface area contributed by atoms with Gasteiger partial charge in [0, 0.05) is 19.3 Å². The standard InChI is InChI=1S/C12H18ClN3O3S/c13-11-7-10(8-15-12(11)14)20(17,18)16-5-4-9-3-1-2-6-19-9/h7-9,16H,1-6H2,(H2,14,15). The fraction of sp³-hybridized carbons (Fsp3) is 0.583. The van der Waals surface area contributed by atoms with Gasteiger partial charge in [-0.1, -0.05) is 11.6 Å². The summed E-state index contributed by atoms with van der Waals surface area (Å²) in [6, 6.07) is 1.29. The predicted octanol–water partition coefficient (Wildman–Crippen LogP) is 1.55. The number of nitrogens with two attached hydrogens (primary N) is 1. The van der Waals surface area contributed by atoms with Crippen LogP contribution in [0.2, 0.25) is 5.02 Å². The smallest absolute Gasteiger partial charge is 0.242 e. The molecule has 1 aromatic heterocycles. The summed E-state index contributed by atoms with van der Waals surface area (Å²) in [5, 5.41) is 0.128. The Kier molecular flexibility index (Phi) is 5.20. The van der Waals surface area contributed by atoms with E-state index >= 15 is 0 Å². The van der Waals surface area contributed by atoms with Crippen molar-refractivity contribution in [3.8, 4) is 0 Å². The molecule has 0 saturated carbocycles. The van der Waals surface area contributed by atoms with Crippen LogP contribution < -0.4 is 10.5 Å². The largest absolute Gasteiger partial charge is 0.382 e. The second-order valence-corrected chi connectivity index (χ2v) is 6.89. The fourth-order valence-electron chi connectivity index (χ4n) is 2.05. The maximum atomic E-state index is 12.0. The van der Waals surface area contributed by atoms with Crippen LogP contribution >= 0.6 is 11.6 Å². The summed E-state index contributed by atoms with van der Waals surface area (Å²) < 4.78 is 32.2. The summed E-state index contributed by atoms with van der Waals surface area (Å²) in [5.74, 6) is 0.112. The summed E-state index contributed by atoms with van der Waals surface area (Å²) in [5.41, 5.74) is 5.45. The Labute approximate surface area is 123 Å². The molecular weight excluding hydrogens is 302 g/mol. The average Bonchev–Trinajstić information content (AvgIpc) is 2.43. The van der Waals surface area contributed by atoms with E-state index in [9.17, 15) is 8.42 Å². The predicted molar refractivity (Wildman–Crippen MR) is 77.1 cm³/mol. The average molecular weight is 320 g/mol. The quantitative estimate of drug-likeness (QED) is 0.858. The molecule has 20 heavy (non-hydrogen) atoms. The van der Waals surface area contributed by atoms with Crippen LogP contribution in [0.4, 0.5) is 5.82 Å². The van der Waals surface area contributed by atoms with Crippen molar-refractivity contribution in [2.75, 3.05) is 18.9 Å². The number of hydrogen-bond donors (Lipinski definition) is 2. The number of nitrogens with one attached hydrogen (secondary N) is 1. The number of nitrogens with zero attached hydrogens (tertiary/aromatic N) is 1. The summed E-state index contributed by atoms with van der Waals surface area (Å²) >= 11 is 5.78. The van der Waals surface area contributed by atoms with E-state index in [0.717, 1.165) is 25.9 Å². The van der Waals surface area contributed by atoms with Gasteiger partial charge in [-0.25, -0.2) is 18.1 Å². The first kappa shape index (κ1) is 15.5. The molecule has 1 aliphatic rings. The summed E-state index contributed by atoms with van der Waals surface area (Å²) in [6.07, 6.45) is 5.19. The van der Waals surface area contributed by atoms with Gasteiger partial charge >= 0.3 is 0 Å². The molecule has 0 aliphatic carbocycles. The van der Waals surface area contributed by atoms with E-state index in [4.69, 9.17) is 22.1 Å². The summed E-state index contributed by atoms with van der Waals surface area (Å²) in [7, 11) is -3.61. The second kappa shape index (κ2) is 6.71. The molecule has 0 bridgehead atoms.